The highest BCUT2D eigenvalue weighted by Gasteiger charge is 2.38. The molecule has 5 heteroatoms. The zero-order valence-electron chi connectivity index (χ0n) is 13.0. The maximum atomic E-state index is 12.6. The topological polar surface area (TPSA) is 46.3 Å². The van der Waals surface area contributed by atoms with Crippen molar-refractivity contribution in [1.82, 2.24) is 4.90 Å². The van der Waals surface area contributed by atoms with Crippen molar-refractivity contribution < 1.29 is 4.79 Å². The lowest BCUT2D eigenvalue weighted by atomic mass is 9.92. The second-order valence-corrected chi connectivity index (χ2v) is 7.29. The third-order valence-electron chi connectivity index (χ3n) is 4.35. The van der Waals surface area contributed by atoms with E-state index in [-0.39, 0.29) is 10.7 Å². The smallest absolute Gasteiger partial charge is 0.225 e. The van der Waals surface area contributed by atoms with Gasteiger partial charge in [0.25, 0.3) is 0 Å². The van der Waals surface area contributed by atoms with Crippen molar-refractivity contribution in [2.24, 2.45) is 11.7 Å². The quantitative estimate of drug-likeness (QED) is 0.733. The number of carbonyl (C=O) groups is 1. The molecule has 0 unspecified atom stereocenters. The van der Waals surface area contributed by atoms with Gasteiger partial charge in [-0.3, -0.25) is 4.79 Å². The average Bonchev–Trinajstić information content (AvgIpc) is 2.46. The Balaban J connectivity index is 2.63. The lowest BCUT2D eigenvalue weighted by Crippen LogP contribution is -2.51. The minimum absolute atomic E-state index is 0.100. The van der Waals surface area contributed by atoms with E-state index in [1.165, 1.54) is 0 Å². The second kappa shape index (κ2) is 8.23. The van der Waals surface area contributed by atoms with Gasteiger partial charge in [0, 0.05) is 19.0 Å². The first kappa shape index (κ1) is 17.8. The Morgan fingerprint density at radius 1 is 1.30 bits per heavy atom. The summed E-state index contributed by atoms with van der Waals surface area (Å²) in [6.45, 7) is 5.89. The van der Waals surface area contributed by atoms with E-state index < -0.39 is 0 Å². The summed E-state index contributed by atoms with van der Waals surface area (Å²) in [5.41, 5.74) is 5.90. The molecule has 1 saturated heterocycles. The molecule has 0 spiro atoms. The van der Waals surface area contributed by atoms with Crippen molar-refractivity contribution in [2.75, 3.05) is 19.3 Å². The zero-order chi connectivity index (χ0) is 15.2. The number of nitrogens with two attached hydrogens (primary N) is 1. The van der Waals surface area contributed by atoms with E-state index in [4.69, 9.17) is 18.0 Å². The van der Waals surface area contributed by atoms with Crippen LogP contribution >= 0.6 is 24.0 Å². The molecule has 0 aromatic rings. The Morgan fingerprint density at radius 3 is 2.15 bits per heavy atom. The van der Waals surface area contributed by atoms with Crippen LogP contribution in [0.1, 0.15) is 52.4 Å². The molecule has 0 aromatic carbocycles. The molecule has 0 atom stereocenters. The van der Waals surface area contributed by atoms with Gasteiger partial charge in [-0.25, -0.2) is 0 Å². The van der Waals surface area contributed by atoms with Crippen molar-refractivity contribution in [3.05, 3.63) is 0 Å². The van der Waals surface area contributed by atoms with Crippen LogP contribution in [0.3, 0.4) is 0 Å². The molecule has 1 aliphatic rings. The van der Waals surface area contributed by atoms with Gasteiger partial charge in [-0.2, -0.15) is 11.8 Å². The highest BCUT2D eigenvalue weighted by Crippen LogP contribution is 2.35. The molecule has 20 heavy (non-hydrogen) atoms. The summed E-state index contributed by atoms with van der Waals surface area (Å²) in [4.78, 5) is 15.2. The SMILES string of the molecule is CCCC(CCC)C(=O)N1CCC(SC)(C(N)=S)CC1. The number of hydrogen-bond donors (Lipinski definition) is 1. The number of thioether (sulfide) groups is 1. The molecular weight excluding hydrogens is 288 g/mol. The lowest BCUT2D eigenvalue weighted by Gasteiger charge is -2.41. The van der Waals surface area contributed by atoms with E-state index in [0.717, 1.165) is 51.6 Å². The number of likely N-dealkylation sites (tertiary alicyclic amines) is 1. The van der Waals surface area contributed by atoms with Crippen LogP contribution < -0.4 is 5.73 Å². The summed E-state index contributed by atoms with van der Waals surface area (Å²) >= 11 is 6.96. The number of thiocarbonyl (C=S) groups is 1. The summed E-state index contributed by atoms with van der Waals surface area (Å²) in [5, 5.41) is 0. The normalized spacial score (nSPS) is 18.3. The molecule has 2 N–H and O–H groups in total. The van der Waals surface area contributed by atoms with E-state index in [1.807, 2.05) is 4.90 Å². The van der Waals surface area contributed by atoms with Gasteiger partial charge in [0.2, 0.25) is 5.91 Å². The molecule has 1 fully saturated rings. The highest BCUT2D eigenvalue weighted by atomic mass is 32.2. The first-order valence-electron chi connectivity index (χ1n) is 7.64. The highest BCUT2D eigenvalue weighted by molar-refractivity contribution is 8.02. The van der Waals surface area contributed by atoms with Crippen LogP contribution in [-0.2, 0) is 4.79 Å². The molecule has 0 radical (unpaired) electrons. The summed E-state index contributed by atoms with van der Waals surface area (Å²) in [6, 6.07) is 0. The van der Waals surface area contributed by atoms with Crippen molar-refractivity contribution >= 4 is 34.9 Å². The van der Waals surface area contributed by atoms with Crippen LogP contribution in [0, 0.1) is 5.92 Å². The summed E-state index contributed by atoms with van der Waals surface area (Å²) in [7, 11) is 0. The van der Waals surface area contributed by atoms with Crippen LogP contribution in [0.2, 0.25) is 0 Å². The van der Waals surface area contributed by atoms with E-state index in [0.29, 0.717) is 10.9 Å². The van der Waals surface area contributed by atoms with Crippen LogP contribution in [0.4, 0.5) is 0 Å². The second-order valence-electron chi connectivity index (χ2n) is 5.66. The number of hydrogen-bond acceptors (Lipinski definition) is 3. The molecule has 1 amide bonds. The van der Waals surface area contributed by atoms with Crippen molar-refractivity contribution in [3.63, 3.8) is 0 Å². The zero-order valence-corrected chi connectivity index (χ0v) is 14.6. The van der Waals surface area contributed by atoms with Crippen LogP contribution in [-0.4, -0.2) is 39.9 Å². The molecule has 1 aliphatic heterocycles. The van der Waals surface area contributed by atoms with Gasteiger partial charge >= 0.3 is 0 Å². The minimum atomic E-state index is -0.100. The minimum Gasteiger partial charge on any atom is -0.392 e. The van der Waals surface area contributed by atoms with Crippen molar-refractivity contribution in [2.45, 2.75) is 57.1 Å². The van der Waals surface area contributed by atoms with Gasteiger partial charge in [0.1, 0.15) is 0 Å². The van der Waals surface area contributed by atoms with Gasteiger partial charge < -0.3 is 10.6 Å². The molecular formula is C15H28N2OS2. The molecule has 0 bridgehead atoms. The molecule has 0 aromatic heterocycles. The molecule has 116 valence electrons. The van der Waals surface area contributed by atoms with Gasteiger partial charge in [-0.1, -0.05) is 38.9 Å². The van der Waals surface area contributed by atoms with Gasteiger partial charge in [-0.15, -0.1) is 0 Å². The first-order chi connectivity index (χ1) is 9.50. The lowest BCUT2D eigenvalue weighted by molar-refractivity contribution is -0.137. The predicted molar refractivity (Wildman–Crippen MR) is 92.2 cm³/mol. The number of rotatable bonds is 7. The molecule has 1 heterocycles. The third-order valence-corrected chi connectivity index (χ3v) is 6.28. The summed E-state index contributed by atoms with van der Waals surface area (Å²) < 4.78 is -0.100. The fraction of sp³-hybridized carbons (Fsp3) is 0.867. The number of carbonyl (C=O) groups excluding carboxylic acids is 1. The fourth-order valence-electron chi connectivity index (χ4n) is 2.99. The summed E-state index contributed by atoms with van der Waals surface area (Å²) in [5.74, 6) is 0.544. The Morgan fingerprint density at radius 2 is 1.80 bits per heavy atom. The van der Waals surface area contributed by atoms with Crippen LogP contribution in [0.5, 0.6) is 0 Å². The number of nitrogens with zero attached hydrogens (tertiary/aromatic N) is 1. The Labute approximate surface area is 133 Å². The van der Waals surface area contributed by atoms with Crippen LogP contribution in [0.15, 0.2) is 0 Å². The molecule has 0 saturated carbocycles. The Kier molecular flexibility index (Phi) is 7.30. The van der Waals surface area contributed by atoms with E-state index in [9.17, 15) is 4.79 Å². The molecule has 0 aliphatic carbocycles. The number of piperidine rings is 1. The summed E-state index contributed by atoms with van der Waals surface area (Å²) in [6.07, 6.45) is 8.00. The predicted octanol–water partition coefficient (Wildman–Crippen LogP) is 3.21. The largest absolute Gasteiger partial charge is 0.392 e. The fourth-order valence-corrected chi connectivity index (χ4v) is 4.23. The van der Waals surface area contributed by atoms with Gasteiger partial charge in [0.15, 0.2) is 0 Å². The first-order valence-corrected chi connectivity index (χ1v) is 9.27. The van der Waals surface area contributed by atoms with Crippen molar-refractivity contribution in [3.8, 4) is 0 Å². The standard InChI is InChI=1S/C15H28N2OS2/c1-4-6-12(7-5-2)13(18)17-10-8-15(20-3,9-11-17)14(16)19/h12H,4-11H2,1-3H3,(H2,16,19). The van der Waals surface area contributed by atoms with Gasteiger partial charge in [-0.05, 0) is 31.9 Å². The maximum Gasteiger partial charge on any atom is 0.225 e. The average molecular weight is 317 g/mol. The van der Waals surface area contributed by atoms with Crippen molar-refractivity contribution in [1.29, 1.82) is 0 Å². The Hall–Kier alpha value is -0.290. The van der Waals surface area contributed by atoms with Crippen LogP contribution in [0.25, 0.3) is 0 Å². The van der Waals surface area contributed by atoms with Gasteiger partial charge in [0.05, 0.1) is 9.74 Å². The number of amides is 1. The third kappa shape index (κ3) is 4.10. The van der Waals surface area contributed by atoms with E-state index in [2.05, 4.69) is 20.1 Å². The van der Waals surface area contributed by atoms with E-state index >= 15 is 0 Å². The maximum absolute atomic E-state index is 12.6. The molecule has 3 nitrogen and oxygen atoms in total. The monoisotopic (exact) mass is 316 g/mol. The van der Waals surface area contributed by atoms with E-state index in [1.54, 1.807) is 11.8 Å². The molecule has 1 rings (SSSR count). The Bertz CT molecular complexity index is 333.